The van der Waals surface area contributed by atoms with Gasteiger partial charge in [0.05, 0.1) is 10.6 Å². The molecular formula is C21H14ClF3N4O4. The van der Waals surface area contributed by atoms with Crippen molar-refractivity contribution in [1.29, 1.82) is 0 Å². The summed E-state index contributed by atoms with van der Waals surface area (Å²) in [4.78, 5) is 27.8. The fourth-order valence-corrected chi connectivity index (χ4v) is 3.20. The predicted molar refractivity (Wildman–Crippen MR) is 115 cm³/mol. The summed E-state index contributed by atoms with van der Waals surface area (Å²) in [6.45, 7) is 0. The molecular weight excluding hydrogens is 465 g/mol. The Morgan fingerprint density at radius 3 is 2.45 bits per heavy atom. The first kappa shape index (κ1) is 22.2. The van der Waals surface area contributed by atoms with Crippen LogP contribution in [0.5, 0.6) is 11.5 Å². The van der Waals surface area contributed by atoms with E-state index in [1.54, 1.807) is 18.2 Å². The maximum atomic E-state index is 13.0. The first-order valence-electron chi connectivity index (χ1n) is 9.29. The molecule has 170 valence electrons. The number of aryl methyl sites for hydroxylation is 1. The van der Waals surface area contributed by atoms with Gasteiger partial charge in [-0.15, -0.1) is 0 Å². The first-order valence-corrected chi connectivity index (χ1v) is 9.67. The van der Waals surface area contributed by atoms with E-state index in [9.17, 15) is 22.8 Å². The van der Waals surface area contributed by atoms with Crippen LogP contribution in [0, 0.1) is 0 Å². The minimum absolute atomic E-state index is 0.0726. The van der Waals surface area contributed by atoms with E-state index in [-0.39, 0.29) is 11.4 Å². The van der Waals surface area contributed by atoms with Crippen LogP contribution in [0.4, 0.5) is 29.3 Å². The number of rotatable bonds is 4. The minimum atomic E-state index is -4.65. The second kappa shape index (κ2) is 8.51. The zero-order chi connectivity index (χ0) is 23.8. The lowest BCUT2D eigenvalue weighted by molar-refractivity contribution is -0.137. The number of oxazole rings is 1. The molecule has 0 aliphatic heterocycles. The number of hydrogen-bond acceptors (Lipinski definition) is 5. The number of anilines is 2. The summed E-state index contributed by atoms with van der Waals surface area (Å²) >= 11 is 5.58. The number of pyridine rings is 1. The van der Waals surface area contributed by atoms with E-state index >= 15 is 0 Å². The summed E-state index contributed by atoms with van der Waals surface area (Å²) in [6.07, 6.45) is -3.22. The molecule has 2 heterocycles. The number of halogens is 4. The van der Waals surface area contributed by atoms with E-state index in [0.29, 0.717) is 22.7 Å². The van der Waals surface area contributed by atoms with Gasteiger partial charge in [-0.3, -0.25) is 4.57 Å². The Kier molecular flexibility index (Phi) is 5.73. The van der Waals surface area contributed by atoms with Gasteiger partial charge in [-0.1, -0.05) is 11.6 Å². The van der Waals surface area contributed by atoms with Crippen LogP contribution >= 0.6 is 11.6 Å². The van der Waals surface area contributed by atoms with Crippen LogP contribution < -0.4 is 21.1 Å². The van der Waals surface area contributed by atoms with Crippen molar-refractivity contribution in [3.63, 3.8) is 0 Å². The van der Waals surface area contributed by atoms with E-state index in [1.165, 1.54) is 36.0 Å². The molecule has 0 saturated heterocycles. The fourth-order valence-electron chi connectivity index (χ4n) is 2.97. The summed E-state index contributed by atoms with van der Waals surface area (Å²) in [5.41, 5.74) is -0.253. The molecule has 2 N–H and O–H groups in total. The average Bonchev–Trinajstić information content (AvgIpc) is 3.04. The summed E-state index contributed by atoms with van der Waals surface area (Å²) in [6, 6.07) is 10.1. The van der Waals surface area contributed by atoms with Gasteiger partial charge in [0.2, 0.25) is 0 Å². The smallest absolute Gasteiger partial charge is 0.421 e. The molecule has 0 aliphatic carbocycles. The van der Waals surface area contributed by atoms with Gasteiger partial charge in [0.1, 0.15) is 5.75 Å². The van der Waals surface area contributed by atoms with Crippen molar-refractivity contribution in [2.75, 3.05) is 10.6 Å². The number of carbonyl (C=O) groups is 1. The highest BCUT2D eigenvalue weighted by molar-refractivity contribution is 6.31. The van der Waals surface area contributed by atoms with Gasteiger partial charge >= 0.3 is 18.0 Å². The number of alkyl halides is 3. The number of carbonyl (C=O) groups excluding carboxylic acids is 1. The highest BCUT2D eigenvalue weighted by Gasteiger charge is 2.33. The molecule has 0 aliphatic rings. The Hall–Kier alpha value is -3.99. The van der Waals surface area contributed by atoms with E-state index in [4.69, 9.17) is 20.8 Å². The molecule has 4 aromatic rings. The molecule has 0 saturated carbocycles. The zero-order valence-corrected chi connectivity index (χ0v) is 17.5. The Morgan fingerprint density at radius 2 is 1.76 bits per heavy atom. The van der Waals surface area contributed by atoms with Gasteiger partial charge in [0.25, 0.3) is 5.71 Å². The van der Waals surface area contributed by atoms with Crippen LogP contribution in [0.1, 0.15) is 5.56 Å². The number of urea groups is 1. The normalized spacial score (nSPS) is 11.4. The topological polar surface area (TPSA) is 98.4 Å². The van der Waals surface area contributed by atoms with Gasteiger partial charge in [-0.2, -0.15) is 13.2 Å². The third kappa shape index (κ3) is 4.77. The van der Waals surface area contributed by atoms with Crippen molar-refractivity contribution in [1.82, 2.24) is 9.55 Å². The molecule has 0 atom stereocenters. The van der Waals surface area contributed by atoms with Crippen LogP contribution in [0.25, 0.3) is 11.2 Å². The van der Waals surface area contributed by atoms with E-state index in [2.05, 4.69) is 15.6 Å². The molecule has 0 bridgehead atoms. The number of hydrogen-bond donors (Lipinski definition) is 2. The van der Waals surface area contributed by atoms with Gasteiger partial charge < -0.3 is 19.8 Å². The van der Waals surface area contributed by atoms with Crippen molar-refractivity contribution in [2.45, 2.75) is 6.18 Å². The lowest BCUT2D eigenvalue weighted by Crippen LogP contribution is -2.19. The summed E-state index contributed by atoms with van der Waals surface area (Å²) in [5.74, 6) is 0.159. The van der Waals surface area contributed by atoms with E-state index in [0.717, 1.165) is 12.1 Å². The Balaban J connectivity index is 1.44. The maximum Gasteiger partial charge on any atom is 0.421 e. The number of ether oxygens (including phenoxy) is 1. The number of nitrogens with zero attached hydrogens (tertiary/aromatic N) is 2. The molecule has 4 rings (SSSR count). The van der Waals surface area contributed by atoms with Crippen LogP contribution in [0.15, 0.2) is 63.9 Å². The third-order valence-electron chi connectivity index (χ3n) is 4.52. The number of aromatic nitrogens is 2. The largest absolute Gasteiger partial charge is 0.455 e. The number of fused-ring (bicyclic) bond motifs is 1. The zero-order valence-electron chi connectivity index (χ0n) is 16.7. The summed E-state index contributed by atoms with van der Waals surface area (Å²) in [7, 11) is 1.52. The molecule has 0 fully saturated rings. The van der Waals surface area contributed by atoms with Crippen molar-refractivity contribution < 1.29 is 27.1 Å². The average molecular weight is 479 g/mol. The van der Waals surface area contributed by atoms with Crippen LogP contribution in [0.3, 0.4) is 0 Å². The quantitative estimate of drug-likeness (QED) is 0.396. The second-order valence-corrected chi connectivity index (χ2v) is 7.19. The van der Waals surface area contributed by atoms with Crippen LogP contribution in [-0.2, 0) is 13.2 Å². The van der Waals surface area contributed by atoms with E-state index in [1.807, 2.05) is 0 Å². The highest BCUT2D eigenvalue weighted by Crippen LogP contribution is 2.36. The molecule has 2 aromatic carbocycles. The number of benzene rings is 2. The Labute approximate surface area is 188 Å². The molecule has 0 unspecified atom stereocenters. The van der Waals surface area contributed by atoms with E-state index < -0.39 is 28.5 Å². The summed E-state index contributed by atoms with van der Waals surface area (Å²) < 4.78 is 51.0. The first-order chi connectivity index (χ1) is 15.6. The molecule has 8 nitrogen and oxygen atoms in total. The fraction of sp³-hybridized carbons (Fsp3) is 0.0952. The summed E-state index contributed by atoms with van der Waals surface area (Å²) in [5, 5.41) is 4.36. The van der Waals surface area contributed by atoms with Crippen LogP contribution in [-0.4, -0.2) is 15.6 Å². The Bertz CT molecular complexity index is 1400. The van der Waals surface area contributed by atoms with Gasteiger partial charge in [0.15, 0.2) is 11.3 Å². The standard InChI is InChI=1S/C21H14ClF3N4O4/c1-29-17-16(8-9-26-18(17)33-20(29)31)32-13-5-2-11(3-6-13)27-19(30)28-12-4-7-15(22)14(10-12)21(23,24)25/h2-10H,1H3,(H2,27,28,30). The van der Waals surface area contributed by atoms with Crippen molar-refractivity contribution in [3.8, 4) is 11.5 Å². The molecule has 2 amide bonds. The van der Waals surface area contributed by atoms with Crippen molar-refractivity contribution in [3.05, 3.63) is 75.9 Å². The number of amides is 2. The number of nitrogens with one attached hydrogen (secondary N) is 2. The van der Waals surface area contributed by atoms with Gasteiger partial charge in [-0.25, -0.2) is 14.6 Å². The SMILES string of the molecule is Cn1c(=O)oc2nccc(Oc3ccc(NC(=O)Nc4ccc(Cl)c(C(F)(F)F)c4)cc3)c21. The van der Waals surface area contributed by atoms with Crippen molar-refractivity contribution >= 4 is 40.2 Å². The third-order valence-corrected chi connectivity index (χ3v) is 4.85. The van der Waals surface area contributed by atoms with Crippen LogP contribution in [0.2, 0.25) is 5.02 Å². The monoisotopic (exact) mass is 478 g/mol. The van der Waals surface area contributed by atoms with Gasteiger partial charge in [0, 0.05) is 30.7 Å². The molecule has 0 radical (unpaired) electrons. The Morgan fingerprint density at radius 1 is 1.09 bits per heavy atom. The van der Waals surface area contributed by atoms with Gasteiger partial charge in [-0.05, 0) is 42.5 Å². The highest BCUT2D eigenvalue weighted by atomic mass is 35.5. The van der Waals surface area contributed by atoms with Crippen molar-refractivity contribution in [2.24, 2.45) is 7.05 Å². The predicted octanol–water partition coefficient (Wildman–Crippen LogP) is 5.64. The lowest BCUT2D eigenvalue weighted by atomic mass is 10.2. The molecule has 12 heteroatoms. The maximum absolute atomic E-state index is 13.0. The minimum Gasteiger partial charge on any atom is -0.455 e. The molecule has 0 spiro atoms. The second-order valence-electron chi connectivity index (χ2n) is 6.79. The molecule has 2 aromatic heterocycles. The lowest BCUT2D eigenvalue weighted by Gasteiger charge is -2.12. The molecule has 33 heavy (non-hydrogen) atoms.